The first-order valence-electron chi connectivity index (χ1n) is 5.60. The van der Waals surface area contributed by atoms with Crippen LogP contribution in [0.15, 0.2) is 30.3 Å². The molecule has 2 atom stereocenters. The van der Waals surface area contributed by atoms with Crippen molar-refractivity contribution >= 4 is 12.5 Å². The van der Waals surface area contributed by atoms with Gasteiger partial charge in [0.05, 0.1) is 0 Å². The lowest BCUT2D eigenvalue weighted by Gasteiger charge is -2.19. The standard InChI is InChI=1S/C11H13N.CH5N.CH2O/c1-2-4-11(5-3-1)12-7-9-6-10(9)8-12;2*1-2/h1-5,9-10H,6-8H2;2H2,1H3;1H2. The molecule has 1 heterocycles. The molecule has 1 saturated heterocycles. The number of piperidine rings is 1. The molecule has 3 nitrogen and oxygen atoms in total. The highest BCUT2D eigenvalue weighted by atomic mass is 16.1. The minimum absolute atomic E-state index is 1.03. The molecular formula is C13H20N2O. The zero-order valence-corrected chi connectivity index (χ0v) is 9.80. The topological polar surface area (TPSA) is 46.3 Å². The molecule has 0 amide bonds. The highest BCUT2D eigenvalue weighted by Crippen LogP contribution is 2.46. The predicted octanol–water partition coefficient (Wildman–Crippen LogP) is 1.53. The van der Waals surface area contributed by atoms with E-state index in [9.17, 15) is 0 Å². The Morgan fingerprint density at radius 1 is 1.12 bits per heavy atom. The Labute approximate surface area is 97.2 Å². The molecule has 2 aliphatic rings. The molecule has 0 aromatic heterocycles. The smallest absolute Gasteiger partial charge is 0.106 e. The van der Waals surface area contributed by atoms with Gasteiger partial charge in [-0.3, -0.25) is 0 Å². The Kier molecular flexibility index (Phi) is 4.99. The first-order chi connectivity index (χ1) is 7.93. The Morgan fingerprint density at radius 2 is 1.62 bits per heavy atom. The molecule has 16 heavy (non-hydrogen) atoms. The minimum atomic E-state index is 1.03. The van der Waals surface area contributed by atoms with E-state index in [2.05, 4.69) is 41.0 Å². The van der Waals surface area contributed by atoms with Crippen LogP contribution >= 0.6 is 0 Å². The Bertz CT molecular complexity index is 292. The third-order valence-electron chi connectivity index (χ3n) is 3.10. The summed E-state index contributed by atoms with van der Waals surface area (Å²) in [4.78, 5) is 10.5. The summed E-state index contributed by atoms with van der Waals surface area (Å²) in [5.74, 6) is 2.07. The average Bonchev–Trinajstić information content (AvgIpc) is 3.02. The van der Waals surface area contributed by atoms with Crippen LogP contribution < -0.4 is 10.6 Å². The molecule has 88 valence electrons. The first kappa shape index (κ1) is 12.7. The fourth-order valence-corrected chi connectivity index (χ4v) is 2.25. The van der Waals surface area contributed by atoms with Crippen molar-refractivity contribution in [3.05, 3.63) is 30.3 Å². The van der Waals surface area contributed by atoms with Gasteiger partial charge in [-0.1, -0.05) is 18.2 Å². The van der Waals surface area contributed by atoms with Gasteiger partial charge in [0.1, 0.15) is 6.79 Å². The Morgan fingerprint density at radius 3 is 2.12 bits per heavy atom. The molecule has 1 aliphatic heterocycles. The number of nitrogens with two attached hydrogens (primary N) is 1. The van der Waals surface area contributed by atoms with Gasteiger partial charge in [0, 0.05) is 18.8 Å². The summed E-state index contributed by atoms with van der Waals surface area (Å²) in [6, 6.07) is 10.8. The lowest BCUT2D eigenvalue weighted by molar-refractivity contribution is -0.0979. The zero-order chi connectivity index (χ0) is 12.0. The highest BCUT2D eigenvalue weighted by molar-refractivity contribution is 5.48. The van der Waals surface area contributed by atoms with Crippen LogP contribution in [0, 0.1) is 11.8 Å². The monoisotopic (exact) mass is 220 g/mol. The molecule has 1 aliphatic carbocycles. The van der Waals surface area contributed by atoms with Gasteiger partial charge in [0.25, 0.3) is 0 Å². The normalized spacial score (nSPS) is 24.5. The third-order valence-corrected chi connectivity index (χ3v) is 3.10. The van der Waals surface area contributed by atoms with E-state index in [1.165, 1.54) is 32.2 Å². The average molecular weight is 220 g/mol. The van der Waals surface area contributed by atoms with Crippen molar-refractivity contribution in [1.82, 2.24) is 0 Å². The van der Waals surface area contributed by atoms with Crippen molar-refractivity contribution in [2.45, 2.75) is 6.42 Å². The second kappa shape index (κ2) is 6.28. The second-order valence-corrected chi connectivity index (χ2v) is 4.00. The van der Waals surface area contributed by atoms with Crippen LogP contribution in [-0.2, 0) is 4.79 Å². The summed E-state index contributed by atoms with van der Waals surface area (Å²) in [6.07, 6.45) is 1.49. The van der Waals surface area contributed by atoms with Gasteiger partial charge in [0.2, 0.25) is 0 Å². The molecule has 0 bridgehead atoms. The van der Waals surface area contributed by atoms with E-state index in [0.717, 1.165) is 11.8 Å². The number of hydrogen-bond donors (Lipinski definition) is 1. The molecule has 1 aromatic carbocycles. The lowest BCUT2D eigenvalue weighted by atomic mass is 10.3. The highest BCUT2D eigenvalue weighted by Gasteiger charge is 2.44. The number of carbonyl (C=O) groups excluding carboxylic acids is 1. The van der Waals surface area contributed by atoms with E-state index in [1.54, 1.807) is 0 Å². The van der Waals surface area contributed by atoms with E-state index in [-0.39, 0.29) is 0 Å². The number of carbonyl (C=O) groups is 1. The third kappa shape index (κ3) is 2.83. The number of nitrogens with zero attached hydrogens (tertiary/aromatic N) is 1. The van der Waals surface area contributed by atoms with E-state index in [0.29, 0.717) is 0 Å². The minimum Gasteiger partial charge on any atom is -0.371 e. The summed E-state index contributed by atoms with van der Waals surface area (Å²) in [7, 11) is 1.50. The first-order valence-corrected chi connectivity index (χ1v) is 5.60. The van der Waals surface area contributed by atoms with Crippen molar-refractivity contribution in [2.75, 3.05) is 25.0 Å². The Hall–Kier alpha value is -1.35. The number of hydrogen-bond acceptors (Lipinski definition) is 3. The maximum Gasteiger partial charge on any atom is 0.106 e. The van der Waals surface area contributed by atoms with Crippen LogP contribution in [0.4, 0.5) is 5.69 Å². The molecule has 1 saturated carbocycles. The summed E-state index contributed by atoms with van der Waals surface area (Å²) in [6.45, 7) is 4.60. The van der Waals surface area contributed by atoms with Gasteiger partial charge in [-0.2, -0.15) is 0 Å². The number of anilines is 1. The van der Waals surface area contributed by atoms with Crippen molar-refractivity contribution in [2.24, 2.45) is 17.6 Å². The number of benzene rings is 1. The largest absolute Gasteiger partial charge is 0.371 e. The van der Waals surface area contributed by atoms with Crippen LogP contribution in [0.25, 0.3) is 0 Å². The van der Waals surface area contributed by atoms with Gasteiger partial charge in [-0.05, 0) is 37.4 Å². The lowest BCUT2D eigenvalue weighted by Crippen LogP contribution is -2.21. The summed E-state index contributed by atoms with van der Waals surface area (Å²) in [5, 5.41) is 0. The molecule has 1 aromatic rings. The molecule has 0 radical (unpaired) electrons. The fraction of sp³-hybridized carbons (Fsp3) is 0.462. The fourth-order valence-electron chi connectivity index (χ4n) is 2.25. The zero-order valence-electron chi connectivity index (χ0n) is 9.80. The van der Waals surface area contributed by atoms with Gasteiger partial charge >= 0.3 is 0 Å². The van der Waals surface area contributed by atoms with Gasteiger partial charge < -0.3 is 15.4 Å². The Balaban J connectivity index is 0.000000291. The maximum absolute atomic E-state index is 8.00. The number of rotatable bonds is 1. The van der Waals surface area contributed by atoms with Crippen LogP contribution in [0.1, 0.15) is 6.42 Å². The number of fused-ring (bicyclic) bond motifs is 1. The molecule has 2 unspecified atom stereocenters. The SMILES string of the molecule is C=O.CN.c1ccc(N2CC3CC3C2)cc1. The van der Waals surface area contributed by atoms with Crippen LogP contribution in [0.2, 0.25) is 0 Å². The van der Waals surface area contributed by atoms with Crippen LogP contribution in [-0.4, -0.2) is 26.9 Å². The van der Waals surface area contributed by atoms with Crippen molar-refractivity contribution in [1.29, 1.82) is 0 Å². The second-order valence-electron chi connectivity index (χ2n) is 4.00. The van der Waals surface area contributed by atoms with Gasteiger partial charge in [-0.25, -0.2) is 0 Å². The quantitative estimate of drug-likeness (QED) is 0.780. The number of para-hydroxylation sites is 1. The van der Waals surface area contributed by atoms with E-state index in [1.807, 2.05) is 6.79 Å². The van der Waals surface area contributed by atoms with E-state index < -0.39 is 0 Å². The molecule has 3 heteroatoms. The summed E-state index contributed by atoms with van der Waals surface area (Å²) >= 11 is 0. The van der Waals surface area contributed by atoms with Crippen molar-refractivity contribution in [3.63, 3.8) is 0 Å². The predicted molar refractivity (Wildman–Crippen MR) is 67.5 cm³/mol. The van der Waals surface area contributed by atoms with Gasteiger partial charge in [-0.15, -0.1) is 0 Å². The molecule has 0 spiro atoms. The maximum atomic E-state index is 8.00. The van der Waals surface area contributed by atoms with E-state index in [4.69, 9.17) is 4.79 Å². The van der Waals surface area contributed by atoms with E-state index >= 15 is 0 Å². The molecule has 2 N–H and O–H groups in total. The van der Waals surface area contributed by atoms with Crippen molar-refractivity contribution < 1.29 is 4.79 Å². The molecular weight excluding hydrogens is 200 g/mol. The summed E-state index contributed by atoms with van der Waals surface area (Å²) in [5.41, 5.74) is 5.91. The van der Waals surface area contributed by atoms with Crippen LogP contribution in [0.3, 0.4) is 0 Å². The van der Waals surface area contributed by atoms with Crippen LogP contribution in [0.5, 0.6) is 0 Å². The van der Waals surface area contributed by atoms with Crippen molar-refractivity contribution in [3.8, 4) is 0 Å². The van der Waals surface area contributed by atoms with Gasteiger partial charge in [0.15, 0.2) is 0 Å². The summed E-state index contributed by atoms with van der Waals surface area (Å²) < 4.78 is 0. The molecule has 3 rings (SSSR count). The molecule has 2 fully saturated rings.